The summed E-state index contributed by atoms with van der Waals surface area (Å²) in [4.78, 5) is 23.7. The van der Waals surface area contributed by atoms with Crippen LogP contribution in [0.5, 0.6) is 0 Å². The van der Waals surface area contributed by atoms with Crippen LogP contribution in [0, 0.1) is 13.8 Å². The van der Waals surface area contributed by atoms with E-state index in [9.17, 15) is 9.59 Å². The van der Waals surface area contributed by atoms with E-state index in [0.717, 1.165) is 22.6 Å². The molecule has 1 N–H and O–H groups in total. The van der Waals surface area contributed by atoms with Gasteiger partial charge < -0.3 is 9.30 Å². The van der Waals surface area contributed by atoms with E-state index in [2.05, 4.69) is 15.1 Å². The summed E-state index contributed by atoms with van der Waals surface area (Å²) in [6, 6.07) is 18.1. The normalized spacial score (nSPS) is 10.8. The molecule has 0 bridgehead atoms. The molecular formula is C22H21N3O3. The Balaban J connectivity index is 1.78. The SMILES string of the molecule is COC(=O)c1ccc(-n2c(C)cc(/C=N\NC(=O)c3ccccc3)c2C)cc1. The number of hydrogen-bond acceptors (Lipinski definition) is 4. The number of amides is 1. The molecule has 0 spiro atoms. The molecule has 0 atom stereocenters. The molecule has 1 amide bonds. The topological polar surface area (TPSA) is 72.7 Å². The van der Waals surface area contributed by atoms with Gasteiger partial charge in [0.1, 0.15) is 0 Å². The number of aryl methyl sites for hydroxylation is 1. The Hall–Kier alpha value is -3.67. The Labute approximate surface area is 163 Å². The molecule has 0 radical (unpaired) electrons. The number of carbonyl (C=O) groups is 2. The Morgan fingerprint density at radius 3 is 2.32 bits per heavy atom. The van der Waals surface area contributed by atoms with Gasteiger partial charge in [0.05, 0.1) is 18.9 Å². The summed E-state index contributed by atoms with van der Waals surface area (Å²) in [5.74, 6) is -0.626. The van der Waals surface area contributed by atoms with Crippen LogP contribution >= 0.6 is 0 Å². The average Bonchev–Trinajstić information content (AvgIpc) is 3.01. The van der Waals surface area contributed by atoms with Crippen molar-refractivity contribution in [3.8, 4) is 5.69 Å². The van der Waals surface area contributed by atoms with Gasteiger partial charge in [0, 0.05) is 28.2 Å². The minimum Gasteiger partial charge on any atom is -0.465 e. The molecular weight excluding hydrogens is 354 g/mol. The maximum absolute atomic E-state index is 12.1. The number of benzene rings is 2. The highest BCUT2D eigenvalue weighted by molar-refractivity contribution is 5.95. The third-order valence-electron chi connectivity index (χ3n) is 4.42. The predicted octanol–water partition coefficient (Wildman–Crippen LogP) is 3.64. The highest BCUT2D eigenvalue weighted by Crippen LogP contribution is 2.20. The minimum absolute atomic E-state index is 0.260. The molecule has 0 unspecified atom stereocenters. The number of rotatable bonds is 5. The number of methoxy groups -OCH3 is 1. The van der Waals surface area contributed by atoms with E-state index in [1.165, 1.54) is 7.11 Å². The highest BCUT2D eigenvalue weighted by atomic mass is 16.5. The van der Waals surface area contributed by atoms with Crippen LogP contribution in [-0.2, 0) is 4.74 Å². The summed E-state index contributed by atoms with van der Waals surface area (Å²) < 4.78 is 6.79. The molecule has 0 saturated heterocycles. The van der Waals surface area contributed by atoms with Crippen molar-refractivity contribution >= 4 is 18.1 Å². The number of ether oxygens (including phenoxy) is 1. The molecule has 0 aliphatic carbocycles. The first kappa shape index (κ1) is 19.1. The zero-order valence-corrected chi connectivity index (χ0v) is 16.0. The molecule has 1 aromatic heterocycles. The second-order valence-electron chi connectivity index (χ2n) is 6.27. The zero-order chi connectivity index (χ0) is 20.1. The van der Waals surface area contributed by atoms with Crippen LogP contribution < -0.4 is 5.43 Å². The molecule has 0 aliphatic rings. The summed E-state index contributed by atoms with van der Waals surface area (Å²) in [5.41, 5.74) is 7.39. The number of aromatic nitrogens is 1. The summed E-state index contributed by atoms with van der Waals surface area (Å²) in [5, 5.41) is 4.08. The number of carbonyl (C=O) groups excluding carboxylic acids is 2. The van der Waals surface area contributed by atoms with Crippen LogP contribution in [0.15, 0.2) is 65.8 Å². The Kier molecular flexibility index (Phi) is 5.69. The van der Waals surface area contributed by atoms with Crippen molar-refractivity contribution < 1.29 is 14.3 Å². The average molecular weight is 375 g/mol. The lowest BCUT2D eigenvalue weighted by Crippen LogP contribution is -2.17. The van der Waals surface area contributed by atoms with Gasteiger partial charge in [-0.25, -0.2) is 10.2 Å². The van der Waals surface area contributed by atoms with Crippen LogP contribution in [0.1, 0.15) is 37.7 Å². The van der Waals surface area contributed by atoms with Crippen LogP contribution in [0.2, 0.25) is 0 Å². The van der Waals surface area contributed by atoms with Gasteiger partial charge in [-0.3, -0.25) is 4.79 Å². The van der Waals surface area contributed by atoms with E-state index in [4.69, 9.17) is 4.74 Å². The van der Waals surface area contributed by atoms with E-state index in [1.807, 2.05) is 38.1 Å². The monoisotopic (exact) mass is 375 g/mol. The fourth-order valence-electron chi connectivity index (χ4n) is 2.99. The van der Waals surface area contributed by atoms with Crippen molar-refractivity contribution in [2.45, 2.75) is 13.8 Å². The lowest BCUT2D eigenvalue weighted by atomic mass is 10.2. The van der Waals surface area contributed by atoms with E-state index in [-0.39, 0.29) is 11.9 Å². The maximum Gasteiger partial charge on any atom is 0.337 e. The van der Waals surface area contributed by atoms with Crippen molar-refractivity contribution in [3.05, 3.63) is 88.7 Å². The second kappa shape index (κ2) is 8.35. The van der Waals surface area contributed by atoms with Gasteiger partial charge in [-0.2, -0.15) is 5.10 Å². The Morgan fingerprint density at radius 2 is 1.68 bits per heavy atom. The van der Waals surface area contributed by atoms with Crippen molar-refractivity contribution in [1.29, 1.82) is 0 Å². The molecule has 142 valence electrons. The van der Waals surface area contributed by atoms with Gasteiger partial charge in [-0.1, -0.05) is 18.2 Å². The van der Waals surface area contributed by atoms with E-state index in [1.54, 1.807) is 42.6 Å². The quantitative estimate of drug-likeness (QED) is 0.420. The summed E-state index contributed by atoms with van der Waals surface area (Å²) in [6.07, 6.45) is 1.63. The number of nitrogens with zero attached hydrogens (tertiary/aromatic N) is 2. The van der Waals surface area contributed by atoms with Gasteiger partial charge in [0.25, 0.3) is 5.91 Å². The summed E-state index contributed by atoms with van der Waals surface area (Å²) >= 11 is 0. The number of hydrazone groups is 1. The summed E-state index contributed by atoms with van der Waals surface area (Å²) in [6.45, 7) is 3.96. The molecule has 6 heteroatoms. The third kappa shape index (κ3) is 4.01. The van der Waals surface area contributed by atoms with Crippen LogP contribution in [0.3, 0.4) is 0 Å². The molecule has 0 fully saturated rings. The number of nitrogens with one attached hydrogen (secondary N) is 1. The second-order valence-corrected chi connectivity index (χ2v) is 6.27. The Morgan fingerprint density at radius 1 is 1.00 bits per heavy atom. The Bertz CT molecular complexity index is 1020. The predicted molar refractivity (Wildman–Crippen MR) is 108 cm³/mol. The van der Waals surface area contributed by atoms with Crippen molar-refractivity contribution in [1.82, 2.24) is 9.99 Å². The van der Waals surface area contributed by atoms with E-state index in [0.29, 0.717) is 11.1 Å². The molecule has 6 nitrogen and oxygen atoms in total. The number of esters is 1. The number of hydrogen-bond donors (Lipinski definition) is 1. The van der Waals surface area contributed by atoms with Crippen LogP contribution in [-0.4, -0.2) is 29.8 Å². The van der Waals surface area contributed by atoms with Gasteiger partial charge in [0.15, 0.2) is 0 Å². The van der Waals surface area contributed by atoms with Crippen LogP contribution in [0.25, 0.3) is 5.69 Å². The highest BCUT2D eigenvalue weighted by Gasteiger charge is 2.11. The standard InChI is InChI=1S/C22H21N3O3/c1-15-13-19(14-23-24-21(26)17-7-5-4-6-8-17)16(2)25(15)20-11-9-18(10-12-20)22(27)28-3/h4-14H,1-3H3,(H,24,26)/b23-14-. The van der Waals surface area contributed by atoms with E-state index < -0.39 is 0 Å². The largest absolute Gasteiger partial charge is 0.465 e. The summed E-state index contributed by atoms with van der Waals surface area (Å²) in [7, 11) is 1.36. The zero-order valence-electron chi connectivity index (χ0n) is 16.0. The molecule has 3 aromatic rings. The first-order valence-electron chi connectivity index (χ1n) is 8.77. The van der Waals surface area contributed by atoms with Crippen molar-refractivity contribution in [3.63, 3.8) is 0 Å². The third-order valence-corrected chi connectivity index (χ3v) is 4.42. The van der Waals surface area contributed by atoms with Gasteiger partial charge in [-0.05, 0) is 56.3 Å². The van der Waals surface area contributed by atoms with Crippen molar-refractivity contribution in [2.24, 2.45) is 5.10 Å². The fraction of sp³-hybridized carbons (Fsp3) is 0.136. The smallest absolute Gasteiger partial charge is 0.337 e. The van der Waals surface area contributed by atoms with Gasteiger partial charge in [-0.15, -0.1) is 0 Å². The molecule has 2 aromatic carbocycles. The van der Waals surface area contributed by atoms with Crippen LogP contribution in [0.4, 0.5) is 0 Å². The lowest BCUT2D eigenvalue weighted by Gasteiger charge is -2.10. The molecule has 0 aliphatic heterocycles. The van der Waals surface area contributed by atoms with Gasteiger partial charge >= 0.3 is 5.97 Å². The molecule has 28 heavy (non-hydrogen) atoms. The fourth-order valence-corrected chi connectivity index (χ4v) is 2.99. The first-order chi connectivity index (χ1) is 13.5. The van der Waals surface area contributed by atoms with Gasteiger partial charge in [0.2, 0.25) is 0 Å². The molecule has 3 rings (SSSR count). The first-order valence-corrected chi connectivity index (χ1v) is 8.77. The maximum atomic E-state index is 12.1. The molecule has 0 saturated carbocycles. The van der Waals surface area contributed by atoms with E-state index >= 15 is 0 Å². The van der Waals surface area contributed by atoms with Crippen molar-refractivity contribution in [2.75, 3.05) is 7.11 Å². The minimum atomic E-state index is -0.366. The molecule has 1 heterocycles. The lowest BCUT2D eigenvalue weighted by molar-refractivity contribution is 0.0600.